The van der Waals surface area contributed by atoms with Crippen LogP contribution >= 0.6 is 11.6 Å². The third kappa shape index (κ3) is 2.68. The molecule has 0 aromatic heterocycles. The summed E-state index contributed by atoms with van der Waals surface area (Å²) in [6, 6.07) is 15.0. The topological polar surface area (TPSA) is 12.0 Å². The van der Waals surface area contributed by atoms with Crippen molar-refractivity contribution in [2.45, 2.75) is 24.8 Å². The van der Waals surface area contributed by atoms with E-state index >= 15 is 0 Å². The standard InChI is InChI=1S/C16H18ClN/c17-16(13-8-9-13)11-18-10-14-6-3-5-12-4-1-2-7-15(12)14/h1-7,13,16,18H,8-11H2. The van der Waals surface area contributed by atoms with E-state index in [0.29, 0.717) is 5.38 Å². The van der Waals surface area contributed by atoms with Crippen molar-refractivity contribution in [2.75, 3.05) is 6.54 Å². The van der Waals surface area contributed by atoms with Gasteiger partial charge in [0.2, 0.25) is 0 Å². The number of nitrogens with one attached hydrogen (secondary N) is 1. The summed E-state index contributed by atoms with van der Waals surface area (Å²) in [6.07, 6.45) is 2.62. The minimum Gasteiger partial charge on any atom is -0.311 e. The van der Waals surface area contributed by atoms with E-state index in [1.165, 1.54) is 29.2 Å². The fourth-order valence-electron chi connectivity index (χ4n) is 2.42. The maximum absolute atomic E-state index is 6.30. The predicted molar refractivity (Wildman–Crippen MR) is 78.0 cm³/mol. The van der Waals surface area contributed by atoms with Crippen LogP contribution in [-0.4, -0.2) is 11.9 Å². The second-order valence-electron chi connectivity index (χ2n) is 5.12. The van der Waals surface area contributed by atoms with Gasteiger partial charge in [-0.3, -0.25) is 0 Å². The average molecular weight is 260 g/mol. The first-order valence-corrected chi connectivity index (χ1v) is 7.09. The van der Waals surface area contributed by atoms with Crippen molar-refractivity contribution < 1.29 is 0 Å². The van der Waals surface area contributed by atoms with Gasteiger partial charge in [0, 0.05) is 18.5 Å². The lowest BCUT2D eigenvalue weighted by Crippen LogP contribution is -2.24. The van der Waals surface area contributed by atoms with E-state index in [1.54, 1.807) is 0 Å². The smallest absolute Gasteiger partial charge is 0.0488 e. The molecule has 1 unspecified atom stereocenters. The van der Waals surface area contributed by atoms with Gasteiger partial charge < -0.3 is 5.32 Å². The maximum Gasteiger partial charge on any atom is 0.0488 e. The molecule has 0 saturated heterocycles. The molecule has 0 radical (unpaired) electrons. The number of fused-ring (bicyclic) bond motifs is 1. The van der Waals surface area contributed by atoms with E-state index in [4.69, 9.17) is 11.6 Å². The number of benzene rings is 2. The van der Waals surface area contributed by atoms with Crippen molar-refractivity contribution in [1.29, 1.82) is 0 Å². The van der Waals surface area contributed by atoms with E-state index in [2.05, 4.69) is 47.8 Å². The summed E-state index contributed by atoms with van der Waals surface area (Å²) in [4.78, 5) is 0. The molecule has 1 aliphatic carbocycles. The predicted octanol–water partition coefficient (Wildman–Crippen LogP) is 3.95. The molecule has 1 N–H and O–H groups in total. The molecule has 2 aromatic carbocycles. The van der Waals surface area contributed by atoms with Gasteiger partial charge in [-0.25, -0.2) is 0 Å². The molecule has 0 spiro atoms. The summed E-state index contributed by atoms with van der Waals surface area (Å²) < 4.78 is 0. The lowest BCUT2D eigenvalue weighted by Gasteiger charge is -2.11. The van der Waals surface area contributed by atoms with Crippen LogP contribution in [0.5, 0.6) is 0 Å². The molecule has 2 aromatic rings. The molecule has 1 fully saturated rings. The van der Waals surface area contributed by atoms with Gasteiger partial charge in [0.1, 0.15) is 0 Å². The van der Waals surface area contributed by atoms with Crippen LogP contribution in [0.1, 0.15) is 18.4 Å². The van der Waals surface area contributed by atoms with E-state index in [9.17, 15) is 0 Å². The van der Waals surface area contributed by atoms with Gasteiger partial charge >= 0.3 is 0 Å². The molecule has 0 heterocycles. The number of alkyl halides is 1. The van der Waals surface area contributed by atoms with Gasteiger partial charge in [-0.15, -0.1) is 11.6 Å². The highest BCUT2D eigenvalue weighted by molar-refractivity contribution is 6.21. The summed E-state index contributed by atoms with van der Waals surface area (Å²) in [5.41, 5.74) is 1.35. The van der Waals surface area contributed by atoms with Gasteiger partial charge in [-0.2, -0.15) is 0 Å². The summed E-state index contributed by atoms with van der Waals surface area (Å²) in [7, 11) is 0. The van der Waals surface area contributed by atoms with Crippen molar-refractivity contribution in [3.63, 3.8) is 0 Å². The van der Waals surface area contributed by atoms with Gasteiger partial charge in [-0.1, -0.05) is 42.5 Å². The zero-order chi connectivity index (χ0) is 12.4. The van der Waals surface area contributed by atoms with Crippen molar-refractivity contribution in [1.82, 2.24) is 5.32 Å². The van der Waals surface area contributed by atoms with E-state index in [1.807, 2.05) is 0 Å². The Morgan fingerprint density at radius 3 is 2.72 bits per heavy atom. The lowest BCUT2D eigenvalue weighted by molar-refractivity contribution is 0.621. The van der Waals surface area contributed by atoms with Crippen LogP contribution in [0.4, 0.5) is 0 Å². The first kappa shape index (κ1) is 12.0. The molecule has 2 heteroatoms. The normalized spacial score (nSPS) is 16.9. The minimum atomic E-state index is 0.306. The summed E-state index contributed by atoms with van der Waals surface area (Å²) >= 11 is 6.30. The molecule has 94 valence electrons. The van der Waals surface area contributed by atoms with Crippen LogP contribution in [-0.2, 0) is 6.54 Å². The Bertz CT molecular complexity index is 528. The number of hydrogen-bond acceptors (Lipinski definition) is 1. The molecular formula is C16H18ClN. The van der Waals surface area contributed by atoms with E-state index in [-0.39, 0.29) is 0 Å². The Morgan fingerprint density at radius 2 is 1.89 bits per heavy atom. The third-order valence-electron chi connectivity index (χ3n) is 3.67. The quantitative estimate of drug-likeness (QED) is 0.802. The first-order valence-electron chi connectivity index (χ1n) is 6.66. The van der Waals surface area contributed by atoms with Gasteiger partial charge in [0.15, 0.2) is 0 Å². The zero-order valence-electron chi connectivity index (χ0n) is 10.4. The van der Waals surface area contributed by atoms with E-state index in [0.717, 1.165) is 19.0 Å². The molecule has 1 aliphatic rings. The molecule has 1 saturated carbocycles. The number of rotatable bonds is 5. The van der Waals surface area contributed by atoms with Gasteiger partial charge in [0.05, 0.1) is 0 Å². The second kappa shape index (κ2) is 5.29. The van der Waals surface area contributed by atoms with Crippen molar-refractivity contribution >= 4 is 22.4 Å². The van der Waals surface area contributed by atoms with Crippen LogP contribution in [0.25, 0.3) is 10.8 Å². The Balaban J connectivity index is 1.66. The average Bonchev–Trinajstić information content (AvgIpc) is 3.23. The Morgan fingerprint density at radius 1 is 1.11 bits per heavy atom. The number of hydrogen-bond donors (Lipinski definition) is 1. The highest BCUT2D eigenvalue weighted by Crippen LogP contribution is 2.35. The summed E-state index contributed by atoms with van der Waals surface area (Å²) in [5, 5.41) is 6.43. The molecule has 0 aliphatic heterocycles. The Hall–Kier alpha value is -1.05. The molecular weight excluding hydrogens is 242 g/mol. The van der Waals surface area contributed by atoms with Crippen LogP contribution in [0.3, 0.4) is 0 Å². The fourth-order valence-corrected chi connectivity index (χ4v) is 2.78. The van der Waals surface area contributed by atoms with Crippen molar-refractivity contribution in [2.24, 2.45) is 5.92 Å². The van der Waals surface area contributed by atoms with Crippen LogP contribution < -0.4 is 5.32 Å². The van der Waals surface area contributed by atoms with Crippen molar-refractivity contribution in [3.8, 4) is 0 Å². The largest absolute Gasteiger partial charge is 0.311 e. The fraction of sp³-hybridized carbons (Fsp3) is 0.375. The first-order chi connectivity index (χ1) is 8.84. The Labute approximate surface area is 113 Å². The van der Waals surface area contributed by atoms with E-state index < -0.39 is 0 Å². The van der Waals surface area contributed by atoms with Crippen LogP contribution in [0, 0.1) is 5.92 Å². The van der Waals surface area contributed by atoms with Crippen LogP contribution in [0.15, 0.2) is 42.5 Å². The SMILES string of the molecule is ClC(CNCc1cccc2ccccc12)C1CC1. The molecule has 1 atom stereocenters. The summed E-state index contributed by atoms with van der Waals surface area (Å²) in [6.45, 7) is 1.81. The highest BCUT2D eigenvalue weighted by atomic mass is 35.5. The molecule has 0 bridgehead atoms. The maximum atomic E-state index is 6.30. The minimum absolute atomic E-state index is 0.306. The monoisotopic (exact) mass is 259 g/mol. The molecule has 18 heavy (non-hydrogen) atoms. The summed E-state index contributed by atoms with van der Waals surface area (Å²) in [5.74, 6) is 0.756. The number of halogens is 1. The third-order valence-corrected chi connectivity index (χ3v) is 4.18. The van der Waals surface area contributed by atoms with Gasteiger partial charge in [0.25, 0.3) is 0 Å². The molecule has 1 nitrogen and oxygen atoms in total. The molecule has 0 amide bonds. The zero-order valence-corrected chi connectivity index (χ0v) is 11.2. The molecule has 3 rings (SSSR count). The van der Waals surface area contributed by atoms with Crippen molar-refractivity contribution in [3.05, 3.63) is 48.0 Å². The van der Waals surface area contributed by atoms with Crippen LogP contribution in [0.2, 0.25) is 0 Å². The lowest BCUT2D eigenvalue weighted by atomic mass is 10.0. The van der Waals surface area contributed by atoms with Gasteiger partial charge in [-0.05, 0) is 35.1 Å². The Kier molecular flexibility index (Phi) is 3.53. The highest BCUT2D eigenvalue weighted by Gasteiger charge is 2.29. The second-order valence-corrected chi connectivity index (χ2v) is 5.68.